The molecule has 2 rings (SSSR count). The molecule has 2 N–H and O–H groups in total. The van der Waals surface area contributed by atoms with Crippen LogP contribution in [0.4, 0.5) is 0 Å². The summed E-state index contributed by atoms with van der Waals surface area (Å²) in [6.07, 6.45) is 0. The molecule has 2 aromatic rings. The van der Waals surface area contributed by atoms with Gasteiger partial charge in [0.2, 0.25) is 0 Å². The van der Waals surface area contributed by atoms with Crippen LogP contribution in [0.15, 0.2) is 49.5 Å². The van der Waals surface area contributed by atoms with E-state index >= 15 is 0 Å². The molecule has 0 aliphatic rings. The van der Waals surface area contributed by atoms with Crippen LogP contribution in [0.1, 0.15) is 44.6 Å². The molecular formula is C18H22N2O5S. The van der Waals surface area contributed by atoms with Gasteiger partial charge in [0.05, 0.1) is 10.6 Å². The minimum atomic E-state index is -3.91. The first-order valence-corrected chi connectivity index (χ1v) is 9.41. The molecule has 0 amide bonds. The first kappa shape index (κ1) is 19.7. The zero-order valence-electron chi connectivity index (χ0n) is 15.3. The van der Waals surface area contributed by atoms with E-state index in [0.29, 0.717) is 0 Å². The summed E-state index contributed by atoms with van der Waals surface area (Å²) in [5.41, 5.74) is -0.0927. The Kier molecular flexibility index (Phi) is 5.27. The van der Waals surface area contributed by atoms with Crippen LogP contribution >= 0.6 is 0 Å². The van der Waals surface area contributed by atoms with Crippen molar-refractivity contribution in [1.82, 2.24) is 4.83 Å². The van der Waals surface area contributed by atoms with Gasteiger partial charge >= 0.3 is 5.63 Å². The van der Waals surface area contributed by atoms with Crippen LogP contribution in [-0.2, 0) is 15.4 Å². The Bertz CT molecular complexity index is 997. The lowest BCUT2D eigenvalue weighted by atomic mass is 9.87. The molecule has 0 aliphatic carbocycles. The molecule has 0 saturated heterocycles. The van der Waals surface area contributed by atoms with Crippen LogP contribution in [0.3, 0.4) is 0 Å². The molecule has 0 fully saturated rings. The van der Waals surface area contributed by atoms with Gasteiger partial charge in [0, 0.05) is 6.07 Å². The molecule has 26 heavy (non-hydrogen) atoms. The summed E-state index contributed by atoms with van der Waals surface area (Å²) < 4.78 is 29.6. The minimum absolute atomic E-state index is 0.00821. The molecule has 0 unspecified atom stereocenters. The lowest BCUT2D eigenvalue weighted by Crippen LogP contribution is -2.22. The molecule has 0 aliphatic heterocycles. The van der Waals surface area contributed by atoms with Crippen LogP contribution in [0.5, 0.6) is 5.75 Å². The molecule has 0 spiro atoms. The van der Waals surface area contributed by atoms with Crippen LogP contribution < -0.4 is 10.5 Å². The van der Waals surface area contributed by atoms with E-state index in [0.717, 1.165) is 5.56 Å². The number of hydrogen-bond acceptors (Lipinski definition) is 6. The monoisotopic (exact) mass is 378 g/mol. The van der Waals surface area contributed by atoms with Crippen molar-refractivity contribution in [2.45, 2.75) is 44.9 Å². The van der Waals surface area contributed by atoms with E-state index in [9.17, 15) is 18.3 Å². The van der Waals surface area contributed by atoms with Crippen LogP contribution in [0, 0.1) is 6.92 Å². The van der Waals surface area contributed by atoms with Crippen molar-refractivity contribution in [3.8, 4) is 5.75 Å². The summed E-state index contributed by atoms with van der Waals surface area (Å²) in [6.45, 7) is 9.00. The van der Waals surface area contributed by atoms with Gasteiger partial charge in [-0.15, -0.1) is 0 Å². The predicted molar refractivity (Wildman–Crippen MR) is 99.1 cm³/mol. The van der Waals surface area contributed by atoms with Crippen LogP contribution in [0.2, 0.25) is 0 Å². The van der Waals surface area contributed by atoms with Gasteiger partial charge in [0.1, 0.15) is 17.1 Å². The number of hydrazone groups is 1. The van der Waals surface area contributed by atoms with Crippen molar-refractivity contribution < 1.29 is 17.9 Å². The quantitative estimate of drug-likeness (QED) is 0.628. The zero-order chi connectivity index (χ0) is 19.7. The number of benzene rings is 1. The molecule has 1 aromatic heterocycles. The maximum absolute atomic E-state index is 12.4. The Labute approximate surface area is 152 Å². The van der Waals surface area contributed by atoms with Crippen LogP contribution in [0.25, 0.3) is 0 Å². The van der Waals surface area contributed by atoms with E-state index in [-0.39, 0.29) is 33.1 Å². The Hall–Kier alpha value is -2.61. The summed E-state index contributed by atoms with van der Waals surface area (Å²) in [7, 11) is -3.91. The molecule has 0 radical (unpaired) electrons. The van der Waals surface area contributed by atoms with Gasteiger partial charge in [-0.3, -0.25) is 0 Å². The number of sulfonamides is 1. The normalized spacial score (nSPS) is 12.9. The van der Waals surface area contributed by atoms with Gasteiger partial charge in [0.15, 0.2) is 0 Å². The van der Waals surface area contributed by atoms with Crippen molar-refractivity contribution in [3.05, 3.63) is 57.6 Å². The molecule has 1 heterocycles. The Morgan fingerprint density at radius 1 is 1.19 bits per heavy atom. The van der Waals surface area contributed by atoms with Gasteiger partial charge < -0.3 is 9.52 Å². The van der Waals surface area contributed by atoms with Crippen molar-refractivity contribution in [1.29, 1.82) is 0 Å². The van der Waals surface area contributed by atoms with Gasteiger partial charge in [-0.05, 0) is 37.0 Å². The highest BCUT2D eigenvalue weighted by Crippen LogP contribution is 2.23. The maximum atomic E-state index is 12.4. The minimum Gasteiger partial charge on any atom is -0.507 e. The second kappa shape index (κ2) is 6.95. The van der Waals surface area contributed by atoms with E-state index in [1.807, 2.05) is 20.8 Å². The van der Waals surface area contributed by atoms with Gasteiger partial charge in [0.25, 0.3) is 10.0 Å². The maximum Gasteiger partial charge on any atom is 0.348 e. The molecule has 0 saturated carbocycles. The third-order valence-corrected chi connectivity index (χ3v) is 5.00. The summed E-state index contributed by atoms with van der Waals surface area (Å²) in [5.74, 6) is -0.0858. The van der Waals surface area contributed by atoms with Crippen molar-refractivity contribution in [2.24, 2.45) is 5.10 Å². The smallest absolute Gasteiger partial charge is 0.348 e. The molecule has 7 nitrogen and oxygen atoms in total. The predicted octanol–water partition coefficient (Wildman–Crippen LogP) is 2.65. The average molecular weight is 378 g/mol. The highest BCUT2D eigenvalue weighted by molar-refractivity contribution is 7.89. The number of rotatable bonds is 4. The van der Waals surface area contributed by atoms with E-state index in [2.05, 4.69) is 9.93 Å². The fourth-order valence-electron chi connectivity index (χ4n) is 2.30. The lowest BCUT2D eigenvalue weighted by molar-refractivity contribution is 0.432. The van der Waals surface area contributed by atoms with Crippen molar-refractivity contribution >= 4 is 15.7 Å². The first-order chi connectivity index (χ1) is 11.9. The number of aryl methyl sites for hydroxylation is 1. The van der Waals surface area contributed by atoms with Crippen molar-refractivity contribution in [2.75, 3.05) is 0 Å². The fourth-order valence-corrected chi connectivity index (χ4v) is 3.16. The van der Waals surface area contributed by atoms with Gasteiger partial charge in [-0.2, -0.15) is 18.4 Å². The van der Waals surface area contributed by atoms with Crippen LogP contribution in [-0.4, -0.2) is 19.2 Å². The Morgan fingerprint density at radius 3 is 2.27 bits per heavy atom. The van der Waals surface area contributed by atoms with Crippen molar-refractivity contribution in [3.63, 3.8) is 0 Å². The number of nitrogens with zero attached hydrogens (tertiary/aromatic N) is 1. The molecule has 8 heteroatoms. The third kappa shape index (κ3) is 4.32. The topological polar surface area (TPSA) is 109 Å². The summed E-state index contributed by atoms with van der Waals surface area (Å²) in [4.78, 5) is 14.0. The molecule has 0 atom stereocenters. The second-order valence-corrected chi connectivity index (χ2v) is 8.63. The summed E-state index contributed by atoms with van der Waals surface area (Å²) in [5, 5.41) is 13.6. The zero-order valence-corrected chi connectivity index (χ0v) is 16.1. The average Bonchev–Trinajstić information content (AvgIpc) is 2.51. The van der Waals surface area contributed by atoms with Gasteiger partial charge in [-0.25, -0.2) is 4.79 Å². The summed E-state index contributed by atoms with van der Waals surface area (Å²) in [6, 6.07) is 7.73. The largest absolute Gasteiger partial charge is 0.507 e. The Morgan fingerprint density at radius 2 is 1.77 bits per heavy atom. The number of aromatic hydroxyl groups is 1. The standard InChI is InChI=1S/C18H22N2O5S/c1-11-10-15(21)16(17(22)25-11)12(2)19-20-26(23,24)14-8-6-13(7-9-14)18(3,4)5/h6-10,20-21H,1-5H3. The number of hydrogen-bond donors (Lipinski definition) is 2. The lowest BCUT2D eigenvalue weighted by Gasteiger charge is -2.19. The fraction of sp³-hybridized carbons (Fsp3) is 0.333. The molecule has 140 valence electrons. The Balaban J connectivity index is 2.30. The third-order valence-electron chi connectivity index (χ3n) is 3.78. The highest BCUT2D eigenvalue weighted by atomic mass is 32.2. The molecule has 0 bridgehead atoms. The van der Waals surface area contributed by atoms with E-state index in [1.165, 1.54) is 32.0 Å². The highest BCUT2D eigenvalue weighted by Gasteiger charge is 2.18. The van der Waals surface area contributed by atoms with E-state index in [4.69, 9.17) is 4.42 Å². The number of nitrogens with one attached hydrogen (secondary N) is 1. The van der Waals surface area contributed by atoms with E-state index < -0.39 is 15.6 Å². The summed E-state index contributed by atoms with van der Waals surface area (Å²) >= 11 is 0. The second-order valence-electron chi connectivity index (χ2n) is 6.97. The first-order valence-electron chi connectivity index (χ1n) is 7.92. The SMILES string of the molecule is CC(=NNS(=O)(=O)c1ccc(C(C)(C)C)cc1)c1c(O)cc(C)oc1=O. The molecule has 1 aromatic carbocycles. The van der Waals surface area contributed by atoms with Gasteiger partial charge in [-0.1, -0.05) is 32.9 Å². The van der Waals surface area contributed by atoms with E-state index in [1.54, 1.807) is 12.1 Å². The molecular weight excluding hydrogens is 356 g/mol.